The van der Waals surface area contributed by atoms with Gasteiger partial charge in [-0.25, -0.2) is 9.37 Å². The lowest BCUT2D eigenvalue weighted by molar-refractivity contribution is -0.126. The molecule has 0 radical (unpaired) electrons. The lowest BCUT2D eigenvalue weighted by Gasteiger charge is -2.31. The van der Waals surface area contributed by atoms with Crippen LogP contribution >= 0.6 is 0 Å². The average molecular weight is 409 g/mol. The van der Waals surface area contributed by atoms with Crippen molar-refractivity contribution in [3.8, 4) is 5.69 Å². The molecule has 30 heavy (non-hydrogen) atoms. The highest BCUT2D eigenvalue weighted by Gasteiger charge is 2.27. The quantitative estimate of drug-likeness (QED) is 0.593. The van der Waals surface area contributed by atoms with Crippen LogP contribution in [0.15, 0.2) is 48.5 Å². The van der Waals surface area contributed by atoms with Gasteiger partial charge in [0.2, 0.25) is 5.91 Å². The molecular formula is C24H29FN4O. The van der Waals surface area contributed by atoms with Crippen LogP contribution in [0.2, 0.25) is 0 Å². The maximum absolute atomic E-state index is 13.5. The molecular weight excluding hydrogens is 379 g/mol. The second-order valence-corrected chi connectivity index (χ2v) is 8.05. The minimum atomic E-state index is -0.252. The van der Waals surface area contributed by atoms with E-state index in [4.69, 9.17) is 4.98 Å². The zero-order valence-electron chi connectivity index (χ0n) is 17.5. The van der Waals surface area contributed by atoms with E-state index in [1.807, 2.05) is 24.3 Å². The molecule has 1 atom stereocenters. The van der Waals surface area contributed by atoms with Crippen LogP contribution in [-0.4, -0.2) is 40.0 Å². The molecule has 0 aliphatic carbocycles. The minimum absolute atomic E-state index is 0.0271. The first-order valence-corrected chi connectivity index (χ1v) is 10.9. The van der Waals surface area contributed by atoms with Crippen LogP contribution in [0.25, 0.3) is 16.7 Å². The van der Waals surface area contributed by atoms with E-state index in [9.17, 15) is 9.18 Å². The first-order chi connectivity index (χ1) is 14.7. The second-order valence-electron chi connectivity index (χ2n) is 8.05. The molecule has 1 aliphatic rings. The summed E-state index contributed by atoms with van der Waals surface area (Å²) in [5, 5.41) is 3.08. The lowest BCUT2D eigenvalue weighted by atomic mass is 9.97. The highest BCUT2D eigenvalue weighted by Crippen LogP contribution is 2.25. The third-order valence-electron chi connectivity index (χ3n) is 5.79. The summed E-state index contributed by atoms with van der Waals surface area (Å²) in [5.41, 5.74) is 2.82. The Morgan fingerprint density at radius 2 is 2.00 bits per heavy atom. The van der Waals surface area contributed by atoms with Crippen molar-refractivity contribution in [1.82, 2.24) is 19.8 Å². The monoisotopic (exact) mass is 408 g/mol. The fourth-order valence-corrected chi connectivity index (χ4v) is 4.21. The van der Waals surface area contributed by atoms with Crippen LogP contribution in [0.5, 0.6) is 0 Å². The van der Waals surface area contributed by atoms with Crippen LogP contribution < -0.4 is 5.32 Å². The Morgan fingerprint density at radius 3 is 2.80 bits per heavy atom. The van der Waals surface area contributed by atoms with Gasteiger partial charge in [-0.3, -0.25) is 14.3 Å². The normalized spacial score (nSPS) is 17.3. The van der Waals surface area contributed by atoms with E-state index in [2.05, 4.69) is 21.7 Å². The molecule has 4 rings (SSSR count). The molecule has 6 heteroatoms. The molecule has 1 fully saturated rings. The number of hydrogen-bond acceptors (Lipinski definition) is 3. The predicted molar refractivity (Wildman–Crippen MR) is 117 cm³/mol. The average Bonchev–Trinajstić information content (AvgIpc) is 3.12. The number of carbonyl (C=O) groups is 1. The highest BCUT2D eigenvalue weighted by atomic mass is 19.1. The lowest BCUT2D eigenvalue weighted by Crippen LogP contribution is -2.43. The minimum Gasteiger partial charge on any atom is -0.356 e. The number of piperidine rings is 1. The Hall–Kier alpha value is -2.73. The number of nitrogens with one attached hydrogen (secondary N) is 1. The van der Waals surface area contributed by atoms with Crippen molar-refractivity contribution in [3.63, 3.8) is 0 Å². The van der Waals surface area contributed by atoms with Crippen molar-refractivity contribution in [1.29, 1.82) is 0 Å². The van der Waals surface area contributed by atoms with Gasteiger partial charge in [0.15, 0.2) is 0 Å². The third-order valence-corrected chi connectivity index (χ3v) is 5.79. The van der Waals surface area contributed by atoms with Crippen molar-refractivity contribution >= 4 is 16.9 Å². The highest BCUT2D eigenvalue weighted by molar-refractivity contribution is 5.79. The van der Waals surface area contributed by atoms with Crippen molar-refractivity contribution < 1.29 is 9.18 Å². The maximum Gasteiger partial charge on any atom is 0.224 e. The predicted octanol–water partition coefficient (Wildman–Crippen LogP) is 4.29. The molecule has 1 N–H and O–H groups in total. The molecule has 1 saturated heterocycles. The first-order valence-electron chi connectivity index (χ1n) is 10.9. The number of hydrogen-bond donors (Lipinski definition) is 1. The van der Waals surface area contributed by atoms with Gasteiger partial charge in [-0.2, -0.15) is 0 Å². The molecule has 0 saturated carbocycles. The number of halogens is 1. The van der Waals surface area contributed by atoms with Gasteiger partial charge in [0.25, 0.3) is 0 Å². The summed E-state index contributed by atoms with van der Waals surface area (Å²) in [6.07, 6.45) is 4.03. The molecule has 2 aromatic carbocycles. The largest absolute Gasteiger partial charge is 0.356 e. The molecule has 0 spiro atoms. The van der Waals surface area contributed by atoms with Crippen molar-refractivity contribution in [2.45, 2.75) is 39.2 Å². The van der Waals surface area contributed by atoms with E-state index >= 15 is 0 Å². The Balaban J connectivity index is 1.55. The summed E-state index contributed by atoms with van der Waals surface area (Å²) in [6.45, 7) is 5.23. The molecule has 2 heterocycles. The van der Waals surface area contributed by atoms with Crippen molar-refractivity contribution in [2.75, 3.05) is 19.6 Å². The number of unbranched alkanes of at least 4 members (excludes halogenated alkanes) is 1. The van der Waals surface area contributed by atoms with Crippen LogP contribution in [0, 0.1) is 11.7 Å². The van der Waals surface area contributed by atoms with Crippen LogP contribution in [0.4, 0.5) is 4.39 Å². The molecule has 1 aromatic heterocycles. The summed E-state index contributed by atoms with van der Waals surface area (Å²) in [7, 11) is 0. The fourth-order valence-electron chi connectivity index (χ4n) is 4.21. The Kier molecular flexibility index (Phi) is 6.43. The van der Waals surface area contributed by atoms with E-state index in [1.165, 1.54) is 12.1 Å². The van der Waals surface area contributed by atoms with Gasteiger partial charge in [-0.05, 0) is 62.2 Å². The summed E-state index contributed by atoms with van der Waals surface area (Å²) in [6, 6.07) is 14.5. The van der Waals surface area contributed by atoms with Gasteiger partial charge in [0, 0.05) is 18.8 Å². The summed E-state index contributed by atoms with van der Waals surface area (Å²) in [5.74, 6) is 0.854. The van der Waals surface area contributed by atoms with Gasteiger partial charge in [0.05, 0.1) is 23.5 Å². The summed E-state index contributed by atoms with van der Waals surface area (Å²) in [4.78, 5) is 19.7. The molecule has 3 aromatic rings. The number of nitrogens with zero attached hydrogens (tertiary/aromatic N) is 3. The smallest absolute Gasteiger partial charge is 0.224 e. The summed E-state index contributed by atoms with van der Waals surface area (Å²) >= 11 is 0. The molecule has 1 aliphatic heterocycles. The van der Waals surface area contributed by atoms with Crippen molar-refractivity contribution in [2.24, 2.45) is 5.92 Å². The van der Waals surface area contributed by atoms with E-state index in [0.717, 1.165) is 67.9 Å². The van der Waals surface area contributed by atoms with E-state index in [-0.39, 0.29) is 17.6 Å². The molecule has 158 valence electrons. The van der Waals surface area contributed by atoms with Gasteiger partial charge < -0.3 is 5.32 Å². The number of benzene rings is 2. The van der Waals surface area contributed by atoms with Crippen molar-refractivity contribution in [3.05, 3.63) is 60.2 Å². The van der Waals surface area contributed by atoms with Gasteiger partial charge in [0.1, 0.15) is 11.6 Å². The Bertz CT molecular complexity index is 998. The number of amides is 1. The number of rotatable bonds is 7. The standard InChI is InChI=1S/C24H29FN4O/c1-2-3-14-26-24(30)18-7-6-15-28(16-18)17-23-27-21-8-4-5-9-22(21)29(23)20-12-10-19(25)11-13-20/h4-5,8-13,18H,2-3,6-7,14-17H2,1H3,(H,26,30)/t18-/m1/s1. The second kappa shape index (κ2) is 9.39. The third kappa shape index (κ3) is 4.54. The number of carbonyl (C=O) groups excluding carboxylic acids is 1. The Labute approximate surface area is 176 Å². The number of para-hydroxylation sites is 2. The van der Waals surface area contributed by atoms with E-state index in [0.29, 0.717) is 6.54 Å². The number of aromatic nitrogens is 2. The van der Waals surface area contributed by atoms with E-state index in [1.54, 1.807) is 12.1 Å². The number of imidazole rings is 1. The van der Waals surface area contributed by atoms with Gasteiger partial charge in [-0.1, -0.05) is 25.5 Å². The zero-order valence-corrected chi connectivity index (χ0v) is 17.5. The van der Waals surface area contributed by atoms with Crippen LogP contribution in [0.1, 0.15) is 38.4 Å². The molecule has 0 bridgehead atoms. The molecule has 1 amide bonds. The number of fused-ring (bicyclic) bond motifs is 1. The SMILES string of the molecule is CCCCNC(=O)[C@@H]1CCCN(Cc2nc3ccccc3n2-c2ccc(F)cc2)C1. The fraction of sp³-hybridized carbons (Fsp3) is 0.417. The topological polar surface area (TPSA) is 50.2 Å². The first kappa shape index (κ1) is 20.5. The van der Waals surface area contributed by atoms with Crippen LogP contribution in [0.3, 0.4) is 0 Å². The van der Waals surface area contributed by atoms with E-state index < -0.39 is 0 Å². The Morgan fingerprint density at radius 1 is 1.20 bits per heavy atom. The molecule has 0 unspecified atom stereocenters. The van der Waals surface area contributed by atoms with Gasteiger partial charge in [-0.15, -0.1) is 0 Å². The van der Waals surface area contributed by atoms with Gasteiger partial charge >= 0.3 is 0 Å². The van der Waals surface area contributed by atoms with Crippen LogP contribution in [-0.2, 0) is 11.3 Å². The summed E-state index contributed by atoms with van der Waals surface area (Å²) < 4.78 is 15.6. The zero-order chi connectivity index (χ0) is 20.9. The maximum atomic E-state index is 13.5. The molecule has 5 nitrogen and oxygen atoms in total. The number of likely N-dealkylation sites (tertiary alicyclic amines) is 1.